The van der Waals surface area contributed by atoms with Gasteiger partial charge in [0.15, 0.2) is 0 Å². The highest BCUT2D eigenvalue weighted by Crippen LogP contribution is 2.36. The van der Waals surface area contributed by atoms with Crippen LogP contribution in [0.5, 0.6) is 0 Å². The number of rotatable bonds is 7. The number of aliphatic carboxylic acids is 1. The number of carbonyl (C=O) groups is 1. The average Bonchev–Trinajstić information content (AvgIpc) is 2.54. The summed E-state index contributed by atoms with van der Waals surface area (Å²) >= 11 is 6.28. The van der Waals surface area contributed by atoms with Crippen molar-refractivity contribution in [1.29, 1.82) is 0 Å². The first-order valence-electron chi connectivity index (χ1n) is 8.42. The molecule has 1 saturated carbocycles. The third kappa shape index (κ3) is 4.09. The van der Waals surface area contributed by atoms with Crippen LogP contribution < -0.4 is 5.32 Å². The van der Waals surface area contributed by atoms with Crippen molar-refractivity contribution in [1.82, 2.24) is 0 Å². The van der Waals surface area contributed by atoms with Crippen LogP contribution >= 0.6 is 11.6 Å². The topological polar surface area (TPSA) is 49.3 Å². The molecule has 4 heteroatoms. The predicted molar refractivity (Wildman–Crippen MR) is 97.4 cm³/mol. The standard InChI is InChI=1S/C20H22ClNO2/c21-18-10-9-15(11-17(20(23)24)16-7-4-8-16)12-19(18)22-13-14-5-2-1-3-6-14/h1-3,5-6,9-10,12,16-17,22H,4,7-8,11,13H2,(H,23,24). The van der Waals surface area contributed by atoms with Crippen LogP contribution in [0.15, 0.2) is 48.5 Å². The van der Waals surface area contributed by atoms with Crippen molar-refractivity contribution >= 4 is 23.3 Å². The molecule has 1 atom stereocenters. The summed E-state index contributed by atoms with van der Waals surface area (Å²) in [5, 5.41) is 13.5. The number of halogens is 1. The van der Waals surface area contributed by atoms with Crippen molar-refractivity contribution in [2.45, 2.75) is 32.2 Å². The average molecular weight is 344 g/mol. The molecule has 0 bridgehead atoms. The molecule has 1 unspecified atom stereocenters. The third-order valence-electron chi connectivity index (χ3n) is 4.85. The molecule has 2 N–H and O–H groups in total. The number of carboxylic acid groups (broad SMARTS) is 1. The smallest absolute Gasteiger partial charge is 0.307 e. The van der Waals surface area contributed by atoms with E-state index in [4.69, 9.17) is 11.6 Å². The van der Waals surface area contributed by atoms with Gasteiger partial charge in [0.1, 0.15) is 0 Å². The Balaban J connectivity index is 1.69. The van der Waals surface area contributed by atoms with Gasteiger partial charge in [-0.05, 0) is 48.4 Å². The van der Waals surface area contributed by atoms with Crippen LogP contribution in [-0.2, 0) is 17.8 Å². The molecular formula is C20H22ClNO2. The van der Waals surface area contributed by atoms with Gasteiger partial charge in [0.2, 0.25) is 0 Å². The van der Waals surface area contributed by atoms with E-state index in [1.807, 2.05) is 36.4 Å². The SMILES string of the molecule is O=C(O)C(Cc1ccc(Cl)c(NCc2ccccc2)c1)C1CCC1. The molecule has 0 radical (unpaired) electrons. The van der Waals surface area contributed by atoms with Crippen molar-refractivity contribution < 1.29 is 9.90 Å². The van der Waals surface area contributed by atoms with Gasteiger partial charge in [0, 0.05) is 6.54 Å². The molecule has 0 aromatic heterocycles. The summed E-state index contributed by atoms with van der Waals surface area (Å²) in [6, 6.07) is 15.9. The Morgan fingerprint density at radius 1 is 1.17 bits per heavy atom. The highest BCUT2D eigenvalue weighted by Gasteiger charge is 2.32. The van der Waals surface area contributed by atoms with Gasteiger partial charge in [-0.3, -0.25) is 4.79 Å². The van der Waals surface area contributed by atoms with Crippen LogP contribution in [0, 0.1) is 11.8 Å². The highest BCUT2D eigenvalue weighted by atomic mass is 35.5. The zero-order valence-corrected chi connectivity index (χ0v) is 14.3. The van der Waals surface area contributed by atoms with Crippen LogP contribution in [0.4, 0.5) is 5.69 Å². The molecule has 0 heterocycles. The van der Waals surface area contributed by atoms with Crippen molar-refractivity contribution in [2.24, 2.45) is 11.8 Å². The van der Waals surface area contributed by atoms with Gasteiger partial charge in [-0.1, -0.05) is 54.4 Å². The fraction of sp³-hybridized carbons (Fsp3) is 0.350. The molecular weight excluding hydrogens is 322 g/mol. The van der Waals surface area contributed by atoms with Gasteiger partial charge in [-0.2, -0.15) is 0 Å². The quantitative estimate of drug-likeness (QED) is 0.744. The molecule has 0 saturated heterocycles. The first-order chi connectivity index (χ1) is 11.6. The number of hydrogen-bond acceptors (Lipinski definition) is 2. The fourth-order valence-corrected chi connectivity index (χ4v) is 3.36. The highest BCUT2D eigenvalue weighted by molar-refractivity contribution is 6.33. The second-order valence-electron chi connectivity index (χ2n) is 6.49. The molecule has 0 spiro atoms. The van der Waals surface area contributed by atoms with E-state index in [0.717, 1.165) is 30.5 Å². The van der Waals surface area contributed by atoms with E-state index in [9.17, 15) is 9.90 Å². The van der Waals surface area contributed by atoms with Gasteiger partial charge >= 0.3 is 5.97 Å². The van der Waals surface area contributed by atoms with Crippen LogP contribution in [0.3, 0.4) is 0 Å². The number of anilines is 1. The fourth-order valence-electron chi connectivity index (χ4n) is 3.18. The Hall–Kier alpha value is -2.00. The molecule has 24 heavy (non-hydrogen) atoms. The summed E-state index contributed by atoms with van der Waals surface area (Å²) in [6.07, 6.45) is 3.78. The van der Waals surface area contributed by atoms with E-state index in [0.29, 0.717) is 23.9 Å². The van der Waals surface area contributed by atoms with Gasteiger partial charge in [-0.15, -0.1) is 0 Å². The van der Waals surface area contributed by atoms with Gasteiger partial charge < -0.3 is 10.4 Å². The summed E-state index contributed by atoms with van der Waals surface area (Å²) in [5.74, 6) is -0.658. The number of carboxylic acids is 1. The molecule has 3 rings (SSSR count). The van der Waals surface area contributed by atoms with Crippen molar-refractivity contribution in [3.8, 4) is 0 Å². The first-order valence-corrected chi connectivity index (χ1v) is 8.80. The largest absolute Gasteiger partial charge is 0.481 e. The Labute approximate surface area is 147 Å². The number of nitrogens with one attached hydrogen (secondary N) is 1. The van der Waals surface area contributed by atoms with Crippen molar-refractivity contribution in [2.75, 3.05) is 5.32 Å². The Kier molecular flexibility index (Phi) is 5.41. The second kappa shape index (κ2) is 7.71. The number of hydrogen-bond donors (Lipinski definition) is 2. The molecule has 1 aliphatic rings. The summed E-state index contributed by atoms with van der Waals surface area (Å²) < 4.78 is 0. The molecule has 1 fully saturated rings. The Morgan fingerprint density at radius 2 is 1.92 bits per heavy atom. The van der Waals surface area contributed by atoms with Crippen molar-refractivity contribution in [3.63, 3.8) is 0 Å². The summed E-state index contributed by atoms with van der Waals surface area (Å²) in [4.78, 5) is 11.6. The van der Waals surface area contributed by atoms with E-state index in [1.165, 1.54) is 5.56 Å². The Bertz CT molecular complexity index is 698. The lowest BCUT2D eigenvalue weighted by atomic mass is 9.73. The molecule has 2 aromatic rings. The molecule has 126 valence electrons. The van der Waals surface area contributed by atoms with E-state index in [2.05, 4.69) is 17.4 Å². The van der Waals surface area contributed by atoms with Crippen LogP contribution in [0.25, 0.3) is 0 Å². The molecule has 0 aliphatic heterocycles. The number of benzene rings is 2. The predicted octanol–water partition coefficient (Wildman–Crippen LogP) is 5.00. The minimum Gasteiger partial charge on any atom is -0.481 e. The van der Waals surface area contributed by atoms with Gasteiger partial charge in [-0.25, -0.2) is 0 Å². The second-order valence-corrected chi connectivity index (χ2v) is 6.90. The van der Waals surface area contributed by atoms with Gasteiger partial charge in [0.25, 0.3) is 0 Å². The Morgan fingerprint density at radius 3 is 2.54 bits per heavy atom. The summed E-state index contributed by atoms with van der Waals surface area (Å²) in [6.45, 7) is 0.689. The normalized spacial score (nSPS) is 15.5. The monoisotopic (exact) mass is 343 g/mol. The zero-order valence-electron chi connectivity index (χ0n) is 13.5. The van der Waals surface area contributed by atoms with Crippen LogP contribution in [0.1, 0.15) is 30.4 Å². The lowest BCUT2D eigenvalue weighted by molar-refractivity contribution is -0.144. The van der Waals surface area contributed by atoms with E-state index >= 15 is 0 Å². The van der Waals surface area contributed by atoms with Crippen LogP contribution in [0.2, 0.25) is 5.02 Å². The molecule has 2 aromatic carbocycles. The molecule has 0 amide bonds. The minimum atomic E-state index is -0.687. The summed E-state index contributed by atoms with van der Waals surface area (Å²) in [7, 11) is 0. The van der Waals surface area contributed by atoms with E-state index in [1.54, 1.807) is 0 Å². The zero-order chi connectivity index (χ0) is 16.9. The van der Waals surface area contributed by atoms with Gasteiger partial charge in [0.05, 0.1) is 16.6 Å². The van der Waals surface area contributed by atoms with E-state index < -0.39 is 5.97 Å². The molecule has 3 nitrogen and oxygen atoms in total. The maximum atomic E-state index is 11.6. The first kappa shape index (κ1) is 16.8. The van der Waals surface area contributed by atoms with E-state index in [-0.39, 0.29) is 5.92 Å². The lowest BCUT2D eigenvalue weighted by Gasteiger charge is -2.31. The maximum absolute atomic E-state index is 11.6. The maximum Gasteiger partial charge on any atom is 0.307 e. The summed E-state index contributed by atoms with van der Waals surface area (Å²) in [5.41, 5.74) is 3.06. The molecule has 1 aliphatic carbocycles. The lowest BCUT2D eigenvalue weighted by Crippen LogP contribution is -2.30. The minimum absolute atomic E-state index is 0.290. The van der Waals surface area contributed by atoms with Crippen LogP contribution in [-0.4, -0.2) is 11.1 Å². The van der Waals surface area contributed by atoms with Crippen molar-refractivity contribution in [3.05, 3.63) is 64.7 Å². The third-order valence-corrected chi connectivity index (χ3v) is 5.18.